The number of nitrogens with zero attached hydrogens (tertiary/aromatic N) is 1. The highest BCUT2D eigenvalue weighted by molar-refractivity contribution is 6.55. The van der Waals surface area contributed by atoms with Gasteiger partial charge in [0.1, 0.15) is 23.5 Å². The van der Waals surface area contributed by atoms with Gasteiger partial charge in [0.25, 0.3) is 0 Å². The van der Waals surface area contributed by atoms with Crippen LogP contribution in [0.2, 0.25) is 0 Å². The van der Waals surface area contributed by atoms with E-state index >= 15 is 0 Å². The third-order valence-corrected chi connectivity index (χ3v) is 4.75. The zero-order valence-corrected chi connectivity index (χ0v) is 20.0. The molecule has 0 saturated carbocycles. The monoisotopic (exact) mass is 461 g/mol. The van der Waals surface area contributed by atoms with Crippen LogP contribution >= 0.6 is 23.2 Å². The maximum absolute atomic E-state index is 14.9. The molecule has 1 aromatic carbocycles. The Morgan fingerprint density at radius 3 is 2.27 bits per heavy atom. The first-order valence-corrected chi connectivity index (χ1v) is 11.4. The highest BCUT2D eigenvalue weighted by atomic mass is 35.5. The van der Waals surface area contributed by atoms with Gasteiger partial charge in [0.05, 0.1) is 12.3 Å². The summed E-state index contributed by atoms with van der Waals surface area (Å²) in [5.74, 6) is 0.470. The first-order valence-electron chi connectivity index (χ1n) is 10.6. The van der Waals surface area contributed by atoms with Crippen molar-refractivity contribution in [1.82, 2.24) is 0 Å². The summed E-state index contributed by atoms with van der Waals surface area (Å²) in [6.45, 7) is 9.09. The average Bonchev–Trinajstić information content (AvgIpc) is 2.70. The molecule has 170 valence electrons. The molecule has 0 aliphatic carbocycles. The Bertz CT molecular complexity index is 700. The largest absolute Gasteiger partial charge is 0.493 e. The number of hydrogen-bond acceptors (Lipinski definition) is 4. The van der Waals surface area contributed by atoms with Crippen molar-refractivity contribution in [2.45, 2.75) is 72.6 Å². The fraction of sp³-hybridized carbons (Fsp3) is 0.609. The molecular formula is C23H34Cl2FNO3. The van der Waals surface area contributed by atoms with E-state index in [9.17, 15) is 4.39 Å². The summed E-state index contributed by atoms with van der Waals surface area (Å²) in [6, 6.07) is 1.71. The van der Waals surface area contributed by atoms with E-state index in [1.165, 1.54) is 6.08 Å². The van der Waals surface area contributed by atoms with Gasteiger partial charge in [-0.05, 0) is 63.7 Å². The third kappa shape index (κ3) is 10.0. The molecule has 1 aromatic rings. The second-order valence-corrected chi connectivity index (χ2v) is 8.16. The molecule has 0 heterocycles. The molecule has 0 radical (unpaired) electrons. The average molecular weight is 462 g/mol. The lowest BCUT2D eigenvalue weighted by atomic mass is 10.0. The van der Waals surface area contributed by atoms with Gasteiger partial charge in [-0.1, -0.05) is 55.0 Å². The van der Waals surface area contributed by atoms with E-state index in [0.717, 1.165) is 49.8 Å². The summed E-state index contributed by atoms with van der Waals surface area (Å²) >= 11 is 11.2. The summed E-state index contributed by atoms with van der Waals surface area (Å²) in [5, 5.41) is 3.92. The van der Waals surface area contributed by atoms with E-state index in [1.54, 1.807) is 6.07 Å². The predicted octanol–water partition coefficient (Wildman–Crippen LogP) is 7.39. The molecule has 0 unspecified atom stereocenters. The lowest BCUT2D eigenvalue weighted by molar-refractivity contribution is 0.139. The van der Waals surface area contributed by atoms with Crippen molar-refractivity contribution >= 4 is 28.9 Å². The summed E-state index contributed by atoms with van der Waals surface area (Å²) in [5.41, 5.74) is 2.42. The highest BCUT2D eigenvalue weighted by Gasteiger charge is 2.18. The van der Waals surface area contributed by atoms with Gasteiger partial charge in [-0.15, -0.1) is 0 Å². The zero-order chi connectivity index (χ0) is 22.4. The Morgan fingerprint density at radius 1 is 1.00 bits per heavy atom. The molecule has 0 amide bonds. The van der Waals surface area contributed by atoms with E-state index in [2.05, 4.69) is 5.16 Å². The van der Waals surface area contributed by atoms with Crippen LogP contribution in [0.15, 0.2) is 21.8 Å². The second-order valence-electron chi connectivity index (χ2n) is 7.16. The van der Waals surface area contributed by atoms with Crippen molar-refractivity contribution in [2.75, 3.05) is 19.8 Å². The lowest BCUT2D eigenvalue weighted by Gasteiger charge is -2.18. The highest BCUT2D eigenvalue weighted by Crippen LogP contribution is 2.34. The molecule has 7 heteroatoms. The van der Waals surface area contributed by atoms with E-state index < -0.39 is 0 Å². The van der Waals surface area contributed by atoms with Crippen LogP contribution in [0, 0.1) is 5.82 Å². The normalized spacial score (nSPS) is 10.5. The van der Waals surface area contributed by atoms with Gasteiger partial charge >= 0.3 is 0 Å². The van der Waals surface area contributed by atoms with Crippen molar-refractivity contribution in [1.29, 1.82) is 0 Å². The predicted molar refractivity (Wildman–Crippen MR) is 124 cm³/mol. The second kappa shape index (κ2) is 15.4. The number of oxime groups is 1. The molecule has 0 aromatic heterocycles. The van der Waals surface area contributed by atoms with Gasteiger partial charge in [-0.2, -0.15) is 0 Å². The fourth-order valence-corrected chi connectivity index (χ4v) is 3.06. The third-order valence-electron chi connectivity index (χ3n) is 4.44. The topological polar surface area (TPSA) is 40.0 Å². The Morgan fingerprint density at radius 2 is 1.67 bits per heavy atom. The quantitative estimate of drug-likeness (QED) is 0.155. The summed E-state index contributed by atoms with van der Waals surface area (Å²) < 4.78 is 26.5. The molecular weight excluding hydrogens is 428 g/mol. The number of halogens is 3. The number of benzene rings is 1. The minimum absolute atomic E-state index is 0.0962. The van der Waals surface area contributed by atoms with Crippen LogP contribution in [0.1, 0.15) is 70.9 Å². The van der Waals surface area contributed by atoms with Crippen LogP contribution in [0.25, 0.3) is 0 Å². The SMILES string of the molecule is CCc1cc(OCC=C(Cl)Cl)c(F)c(CC)c1OCCCCCCCON=C(C)C. The van der Waals surface area contributed by atoms with E-state index in [-0.39, 0.29) is 22.7 Å². The Labute approximate surface area is 190 Å². The number of unbranched alkanes of at least 4 members (excludes halogenated alkanes) is 4. The maximum Gasteiger partial charge on any atom is 0.171 e. The molecule has 0 saturated heterocycles. The van der Waals surface area contributed by atoms with Gasteiger partial charge in [0.15, 0.2) is 11.6 Å². The van der Waals surface area contributed by atoms with Crippen LogP contribution in [0.4, 0.5) is 4.39 Å². The molecule has 0 aliphatic rings. The zero-order valence-electron chi connectivity index (χ0n) is 18.5. The van der Waals surface area contributed by atoms with Crippen LogP contribution in [0.5, 0.6) is 11.5 Å². The summed E-state index contributed by atoms with van der Waals surface area (Å²) in [6.07, 6.45) is 7.93. The van der Waals surface area contributed by atoms with Crippen molar-refractivity contribution < 1.29 is 18.7 Å². The van der Waals surface area contributed by atoms with E-state index in [4.69, 9.17) is 37.5 Å². The molecule has 0 spiro atoms. The van der Waals surface area contributed by atoms with Crippen molar-refractivity contribution in [2.24, 2.45) is 5.16 Å². The molecule has 0 atom stereocenters. The minimum atomic E-state index is -0.381. The van der Waals surface area contributed by atoms with Crippen LogP contribution in [-0.4, -0.2) is 25.5 Å². The van der Waals surface area contributed by atoms with Gasteiger partial charge in [0.2, 0.25) is 0 Å². The molecule has 1 rings (SSSR count). The lowest BCUT2D eigenvalue weighted by Crippen LogP contribution is -2.07. The fourth-order valence-electron chi connectivity index (χ4n) is 2.93. The molecule has 30 heavy (non-hydrogen) atoms. The molecule has 0 fully saturated rings. The van der Waals surface area contributed by atoms with Crippen molar-refractivity contribution in [3.8, 4) is 11.5 Å². The number of rotatable bonds is 15. The smallest absolute Gasteiger partial charge is 0.171 e. The number of ether oxygens (including phenoxy) is 2. The molecule has 0 N–H and O–H groups in total. The van der Waals surface area contributed by atoms with Gasteiger partial charge in [0, 0.05) is 5.56 Å². The standard InChI is InChI=1S/C23H34Cl2FNO3/c1-5-18-16-20(28-15-12-21(24)25)22(26)19(6-2)23(18)29-13-10-8-7-9-11-14-30-27-17(3)4/h12,16H,5-11,13-15H2,1-4H3. The maximum atomic E-state index is 14.9. The van der Waals surface area contributed by atoms with E-state index in [1.807, 2.05) is 27.7 Å². The Balaban J connectivity index is 2.53. The van der Waals surface area contributed by atoms with Gasteiger partial charge in [-0.25, -0.2) is 4.39 Å². The minimum Gasteiger partial charge on any atom is -0.493 e. The van der Waals surface area contributed by atoms with Gasteiger partial charge in [-0.3, -0.25) is 0 Å². The molecule has 0 aliphatic heterocycles. The Hall–Kier alpha value is -1.46. The van der Waals surface area contributed by atoms with Crippen LogP contribution < -0.4 is 9.47 Å². The number of aryl methyl sites for hydroxylation is 1. The van der Waals surface area contributed by atoms with Crippen molar-refractivity contribution in [3.05, 3.63) is 33.6 Å². The molecule has 0 bridgehead atoms. The van der Waals surface area contributed by atoms with E-state index in [0.29, 0.717) is 30.9 Å². The number of hydrogen-bond donors (Lipinski definition) is 0. The first-order chi connectivity index (χ1) is 14.4. The first kappa shape index (κ1) is 26.6. The Kier molecular flexibility index (Phi) is 13.6. The summed E-state index contributed by atoms with van der Waals surface area (Å²) in [7, 11) is 0. The van der Waals surface area contributed by atoms with Gasteiger partial charge < -0.3 is 14.3 Å². The summed E-state index contributed by atoms with van der Waals surface area (Å²) in [4.78, 5) is 5.19. The van der Waals surface area contributed by atoms with Crippen LogP contribution in [0.3, 0.4) is 0 Å². The van der Waals surface area contributed by atoms with Crippen LogP contribution in [-0.2, 0) is 17.7 Å². The molecule has 4 nitrogen and oxygen atoms in total. The van der Waals surface area contributed by atoms with Crippen molar-refractivity contribution in [3.63, 3.8) is 0 Å².